The number of pyridine rings is 1. The molecule has 0 bridgehead atoms. The maximum atomic E-state index is 5.56. The van der Waals surface area contributed by atoms with Gasteiger partial charge in [0.1, 0.15) is 6.54 Å². The molecule has 0 aliphatic carbocycles. The molecule has 0 unspecified atom stereocenters. The Bertz CT molecular complexity index is 736. The van der Waals surface area contributed by atoms with Gasteiger partial charge in [0.05, 0.1) is 25.3 Å². The maximum Gasteiger partial charge on any atom is 0.216 e. The first-order valence-electron chi connectivity index (χ1n) is 7.70. The van der Waals surface area contributed by atoms with Gasteiger partial charge < -0.3 is 14.8 Å². The van der Waals surface area contributed by atoms with Crippen LogP contribution in [0.25, 0.3) is 16.8 Å². The smallest absolute Gasteiger partial charge is 0.216 e. The minimum absolute atomic E-state index is 0.686. The van der Waals surface area contributed by atoms with Crippen LogP contribution in [0.4, 0.5) is 5.69 Å². The molecule has 1 N–H and O–H groups in total. The van der Waals surface area contributed by atoms with Crippen LogP contribution in [0.1, 0.15) is 26.0 Å². The van der Waals surface area contributed by atoms with E-state index >= 15 is 0 Å². The van der Waals surface area contributed by atoms with Gasteiger partial charge in [-0.3, -0.25) is 0 Å². The van der Waals surface area contributed by atoms with E-state index in [2.05, 4.69) is 42.1 Å². The van der Waals surface area contributed by atoms with Gasteiger partial charge in [-0.2, -0.15) is 4.57 Å². The Morgan fingerprint density at radius 1 is 1.23 bits per heavy atom. The summed E-state index contributed by atoms with van der Waals surface area (Å²) in [5, 5.41) is 5.65. The second kappa shape index (κ2) is 5.87. The predicted octanol–water partition coefficient (Wildman–Crippen LogP) is 3.59. The summed E-state index contributed by atoms with van der Waals surface area (Å²) in [6, 6.07) is 4.18. The Kier molecular flexibility index (Phi) is 3.92. The monoisotopic (exact) mass is 299 g/mol. The van der Waals surface area contributed by atoms with Gasteiger partial charge in [-0.1, -0.05) is 13.8 Å². The van der Waals surface area contributed by atoms with E-state index in [-0.39, 0.29) is 0 Å². The van der Waals surface area contributed by atoms with Gasteiger partial charge >= 0.3 is 0 Å². The highest BCUT2D eigenvalue weighted by Gasteiger charge is 2.24. The van der Waals surface area contributed by atoms with Gasteiger partial charge in [0.15, 0.2) is 17.7 Å². The number of aryl methyl sites for hydroxylation is 1. The Balaban J connectivity index is 2.21. The molecule has 22 heavy (non-hydrogen) atoms. The van der Waals surface area contributed by atoms with Crippen LogP contribution in [0.5, 0.6) is 11.5 Å². The van der Waals surface area contributed by atoms with Crippen molar-refractivity contribution >= 4 is 22.5 Å². The minimum Gasteiger partial charge on any atom is -0.493 e. The standard InChI is InChI=1S/C18H22N2O2/c1-12(2)6-9-20-10-7-13-11-15(21-3)18(22-4)17-16(13)14(20)5-8-19-17/h5,7-8,10-12H,6,9H2,1-4H3/p+1. The zero-order chi connectivity index (χ0) is 15.7. The highest BCUT2D eigenvalue weighted by molar-refractivity contribution is 6.04. The fraction of sp³-hybridized carbons (Fsp3) is 0.389. The van der Waals surface area contributed by atoms with Crippen LogP contribution in [0.3, 0.4) is 0 Å². The number of benzene rings is 1. The van der Waals surface area contributed by atoms with Gasteiger partial charge in [0.2, 0.25) is 5.69 Å². The number of ether oxygens (including phenoxy) is 2. The van der Waals surface area contributed by atoms with E-state index in [1.54, 1.807) is 14.2 Å². The molecule has 0 atom stereocenters. The molecule has 1 aliphatic rings. The molecule has 0 radical (unpaired) electrons. The Labute approximate surface area is 131 Å². The molecule has 4 nitrogen and oxygen atoms in total. The number of methoxy groups -OCH3 is 2. The summed E-state index contributed by atoms with van der Waals surface area (Å²) >= 11 is 0. The third-order valence-electron chi connectivity index (χ3n) is 4.12. The molecular weight excluding hydrogens is 276 g/mol. The van der Waals surface area contributed by atoms with Crippen molar-refractivity contribution in [2.45, 2.75) is 26.8 Å². The number of nitrogens with zero attached hydrogens (tertiary/aromatic N) is 1. The summed E-state index contributed by atoms with van der Waals surface area (Å²) in [4.78, 5) is 0. The Morgan fingerprint density at radius 3 is 2.73 bits per heavy atom. The maximum absolute atomic E-state index is 5.56. The van der Waals surface area contributed by atoms with E-state index in [9.17, 15) is 0 Å². The first-order valence-corrected chi connectivity index (χ1v) is 7.70. The highest BCUT2D eigenvalue weighted by Crippen LogP contribution is 2.43. The van der Waals surface area contributed by atoms with Gasteiger partial charge in [-0.25, -0.2) is 0 Å². The number of hydrogen-bond acceptors (Lipinski definition) is 3. The molecule has 0 spiro atoms. The fourth-order valence-corrected chi connectivity index (χ4v) is 2.93. The van der Waals surface area contributed by atoms with Crippen LogP contribution in [-0.2, 0) is 6.54 Å². The topological polar surface area (TPSA) is 34.4 Å². The zero-order valence-corrected chi connectivity index (χ0v) is 13.6. The molecule has 0 amide bonds. The fourth-order valence-electron chi connectivity index (χ4n) is 2.93. The average Bonchev–Trinajstić information content (AvgIpc) is 2.53. The molecule has 0 saturated carbocycles. The molecule has 116 valence electrons. The normalized spacial score (nSPS) is 12.6. The van der Waals surface area contributed by atoms with Crippen LogP contribution in [0, 0.1) is 5.92 Å². The Hall–Kier alpha value is -2.23. The van der Waals surface area contributed by atoms with Crippen molar-refractivity contribution in [3.8, 4) is 11.5 Å². The second-order valence-electron chi connectivity index (χ2n) is 6.01. The number of anilines is 1. The summed E-state index contributed by atoms with van der Waals surface area (Å²) in [6.07, 6.45) is 7.41. The molecule has 1 aliphatic heterocycles. The molecule has 2 heterocycles. The van der Waals surface area contributed by atoms with Crippen LogP contribution >= 0.6 is 0 Å². The summed E-state index contributed by atoms with van der Waals surface area (Å²) in [6.45, 7) is 5.52. The van der Waals surface area contributed by atoms with Gasteiger partial charge in [-0.05, 0) is 12.0 Å². The van der Waals surface area contributed by atoms with Gasteiger partial charge in [0.25, 0.3) is 0 Å². The molecule has 0 fully saturated rings. The summed E-state index contributed by atoms with van der Waals surface area (Å²) < 4.78 is 13.3. The lowest BCUT2D eigenvalue weighted by Crippen LogP contribution is -2.38. The Morgan fingerprint density at radius 2 is 2.05 bits per heavy atom. The van der Waals surface area contributed by atoms with E-state index in [1.165, 1.54) is 11.1 Å². The van der Waals surface area contributed by atoms with E-state index in [0.29, 0.717) is 5.92 Å². The third-order valence-corrected chi connectivity index (χ3v) is 4.12. The van der Waals surface area contributed by atoms with Crippen LogP contribution in [-0.4, -0.2) is 14.2 Å². The average molecular weight is 299 g/mol. The minimum atomic E-state index is 0.686. The second-order valence-corrected chi connectivity index (χ2v) is 6.01. The largest absolute Gasteiger partial charge is 0.493 e. The number of aromatic nitrogens is 1. The molecule has 1 aromatic carbocycles. The molecule has 2 aromatic rings. The lowest BCUT2D eigenvalue weighted by Gasteiger charge is -2.19. The highest BCUT2D eigenvalue weighted by atomic mass is 16.5. The van der Waals surface area contributed by atoms with Crippen molar-refractivity contribution in [2.24, 2.45) is 5.92 Å². The SMILES string of the molecule is COc1cc2cc[n+](CCC(C)C)c3c2c(c1OC)NC=C3. The number of rotatable bonds is 5. The van der Waals surface area contributed by atoms with Crippen LogP contribution < -0.4 is 19.4 Å². The third kappa shape index (κ3) is 2.39. The van der Waals surface area contributed by atoms with Crippen molar-refractivity contribution in [1.29, 1.82) is 0 Å². The first-order chi connectivity index (χ1) is 10.7. The summed E-state index contributed by atoms with van der Waals surface area (Å²) in [5.74, 6) is 2.19. The number of nitrogens with one attached hydrogen (secondary N) is 1. The molecule has 4 heteroatoms. The first kappa shape index (κ1) is 14.7. The van der Waals surface area contributed by atoms with Crippen molar-refractivity contribution in [3.63, 3.8) is 0 Å². The van der Waals surface area contributed by atoms with E-state index in [1.807, 2.05) is 12.3 Å². The zero-order valence-electron chi connectivity index (χ0n) is 13.6. The van der Waals surface area contributed by atoms with E-state index in [0.717, 1.165) is 35.5 Å². The number of hydrogen-bond donors (Lipinski definition) is 1. The van der Waals surface area contributed by atoms with Gasteiger partial charge in [0, 0.05) is 30.1 Å². The molecule has 1 aromatic heterocycles. The summed E-state index contributed by atoms with van der Waals surface area (Å²) in [5.41, 5.74) is 2.20. The lowest BCUT2D eigenvalue weighted by atomic mass is 10.0. The van der Waals surface area contributed by atoms with E-state index < -0.39 is 0 Å². The lowest BCUT2D eigenvalue weighted by molar-refractivity contribution is -0.698. The molecule has 0 saturated heterocycles. The predicted molar refractivity (Wildman–Crippen MR) is 89.4 cm³/mol. The molecule has 3 rings (SSSR count). The van der Waals surface area contributed by atoms with Gasteiger partial charge in [-0.15, -0.1) is 0 Å². The summed E-state index contributed by atoms with van der Waals surface area (Å²) in [7, 11) is 3.34. The quantitative estimate of drug-likeness (QED) is 0.857. The van der Waals surface area contributed by atoms with Crippen molar-refractivity contribution in [1.82, 2.24) is 0 Å². The van der Waals surface area contributed by atoms with E-state index in [4.69, 9.17) is 9.47 Å². The van der Waals surface area contributed by atoms with Crippen molar-refractivity contribution in [3.05, 3.63) is 30.2 Å². The molecular formula is C18H23N2O2+. The van der Waals surface area contributed by atoms with Crippen LogP contribution in [0.2, 0.25) is 0 Å². The van der Waals surface area contributed by atoms with Crippen molar-refractivity contribution in [2.75, 3.05) is 19.5 Å². The van der Waals surface area contributed by atoms with Crippen molar-refractivity contribution < 1.29 is 14.0 Å². The van der Waals surface area contributed by atoms with Crippen LogP contribution in [0.15, 0.2) is 24.5 Å².